The molecule has 3 rings (SSSR count). The van der Waals surface area contributed by atoms with E-state index in [0.29, 0.717) is 16.3 Å². The van der Waals surface area contributed by atoms with Gasteiger partial charge in [-0.1, -0.05) is 47.0 Å². The number of hydrogen-bond acceptors (Lipinski definition) is 4. The van der Waals surface area contributed by atoms with E-state index in [-0.39, 0.29) is 24.6 Å². The molecule has 0 fully saturated rings. The zero-order valence-corrected chi connectivity index (χ0v) is 21.3. The Morgan fingerprint density at radius 1 is 0.912 bits per heavy atom. The van der Waals surface area contributed by atoms with Crippen molar-refractivity contribution in [2.75, 3.05) is 24.0 Å². The minimum absolute atomic E-state index is 0.110. The zero-order valence-electron chi connectivity index (χ0n) is 19.8. The molecule has 6 nitrogen and oxygen atoms in total. The average molecular weight is 501 g/mol. The topological polar surface area (TPSA) is 75.7 Å². The maximum atomic E-state index is 13.5. The second kappa shape index (κ2) is 10.9. The Hall–Kier alpha value is -3.03. The summed E-state index contributed by atoms with van der Waals surface area (Å²) >= 11 is 6.07. The number of halogens is 1. The molecule has 1 amide bonds. The normalized spacial score (nSPS) is 11.2. The molecule has 0 aromatic heterocycles. The van der Waals surface area contributed by atoms with E-state index in [1.807, 2.05) is 39.0 Å². The number of ether oxygens (including phenoxy) is 1. The van der Waals surface area contributed by atoms with Gasteiger partial charge in [-0.25, -0.2) is 8.42 Å². The van der Waals surface area contributed by atoms with Crippen LogP contribution in [0.25, 0.3) is 0 Å². The third kappa shape index (κ3) is 6.30. The monoisotopic (exact) mass is 500 g/mol. The highest BCUT2D eigenvalue weighted by atomic mass is 35.5. The molecular formula is C26H29ClN2O4S. The van der Waals surface area contributed by atoms with Gasteiger partial charge >= 0.3 is 0 Å². The van der Waals surface area contributed by atoms with Crippen LogP contribution in [0, 0.1) is 27.7 Å². The number of sulfonamides is 1. The first-order chi connectivity index (χ1) is 16.1. The van der Waals surface area contributed by atoms with Gasteiger partial charge in [0.1, 0.15) is 18.9 Å². The second-order valence-corrected chi connectivity index (χ2v) is 10.5. The van der Waals surface area contributed by atoms with Gasteiger partial charge in [-0.05, 0) is 75.2 Å². The number of anilines is 1. The molecule has 0 spiro atoms. The number of nitrogens with zero attached hydrogens (tertiary/aromatic N) is 1. The molecule has 0 radical (unpaired) electrons. The largest absolute Gasteiger partial charge is 0.491 e. The van der Waals surface area contributed by atoms with Crippen LogP contribution in [0.5, 0.6) is 5.75 Å². The Morgan fingerprint density at radius 3 is 2.24 bits per heavy atom. The third-order valence-electron chi connectivity index (χ3n) is 5.34. The van der Waals surface area contributed by atoms with Crippen LogP contribution >= 0.6 is 11.6 Å². The molecule has 3 aromatic carbocycles. The molecule has 0 saturated heterocycles. The number of hydrogen-bond donors (Lipinski definition) is 1. The standard InChI is InChI=1S/C26H29ClN2O4S/c1-18-5-9-23(10-6-18)34(31,32)29(24-11-8-22(27)16-20(24)3)17-26(30)28-13-14-33-25-12-7-19(2)15-21(25)4/h5-12,15-16H,13-14,17H2,1-4H3,(H,28,30). The van der Waals surface area contributed by atoms with Crippen LogP contribution in [-0.2, 0) is 14.8 Å². The van der Waals surface area contributed by atoms with Gasteiger partial charge in [0, 0.05) is 5.02 Å². The zero-order chi connectivity index (χ0) is 24.9. The van der Waals surface area contributed by atoms with Crippen molar-refractivity contribution in [3.63, 3.8) is 0 Å². The van der Waals surface area contributed by atoms with E-state index in [0.717, 1.165) is 26.7 Å². The van der Waals surface area contributed by atoms with E-state index in [2.05, 4.69) is 5.32 Å². The molecule has 0 aliphatic rings. The fourth-order valence-corrected chi connectivity index (χ4v) is 5.25. The van der Waals surface area contributed by atoms with Crippen LogP contribution in [0.1, 0.15) is 22.3 Å². The second-order valence-electron chi connectivity index (χ2n) is 8.22. The van der Waals surface area contributed by atoms with Crippen molar-refractivity contribution >= 4 is 33.2 Å². The van der Waals surface area contributed by atoms with Gasteiger partial charge in [-0.2, -0.15) is 0 Å². The predicted molar refractivity (Wildman–Crippen MR) is 136 cm³/mol. The number of amides is 1. The van der Waals surface area contributed by atoms with E-state index in [9.17, 15) is 13.2 Å². The van der Waals surface area contributed by atoms with Crippen molar-refractivity contribution in [3.05, 3.63) is 87.9 Å². The van der Waals surface area contributed by atoms with Crippen molar-refractivity contribution in [1.29, 1.82) is 0 Å². The van der Waals surface area contributed by atoms with Crippen LogP contribution in [-0.4, -0.2) is 34.0 Å². The van der Waals surface area contributed by atoms with Crippen LogP contribution in [0.3, 0.4) is 0 Å². The Balaban J connectivity index is 1.74. The van der Waals surface area contributed by atoms with Gasteiger partial charge in [0.2, 0.25) is 5.91 Å². The van der Waals surface area contributed by atoms with Gasteiger partial charge in [0.05, 0.1) is 17.1 Å². The first-order valence-electron chi connectivity index (χ1n) is 10.9. The van der Waals surface area contributed by atoms with Gasteiger partial charge < -0.3 is 10.1 Å². The summed E-state index contributed by atoms with van der Waals surface area (Å²) in [5, 5.41) is 3.24. The van der Waals surface area contributed by atoms with E-state index in [1.54, 1.807) is 49.4 Å². The lowest BCUT2D eigenvalue weighted by atomic mass is 10.1. The maximum Gasteiger partial charge on any atom is 0.264 e. The van der Waals surface area contributed by atoms with Crippen molar-refractivity contribution < 1.29 is 17.9 Å². The summed E-state index contributed by atoms with van der Waals surface area (Å²) in [6, 6.07) is 17.3. The van der Waals surface area contributed by atoms with Crippen LogP contribution < -0.4 is 14.4 Å². The van der Waals surface area contributed by atoms with E-state index >= 15 is 0 Å². The molecule has 8 heteroatoms. The smallest absolute Gasteiger partial charge is 0.264 e. The summed E-state index contributed by atoms with van der Waals surface area (Å²) in [5.41, 5.74) is 4.14. The summed E-state index contributed by atoms with van der Waals surface area (Å²) in [6.07, 6.45) is 0. The Bertz CT molecular complexity index is 1270. The van der Waals surface area contributed by atoms with Gasteiger partial charge in [-0.15, -0.1) is 0 Å². The summed E-state index contributed by atoms with van der Waals surface area (Å²) in [6.45, 7) is 7.74. The Kier molecular flexibility index (Phi) is 8.23. The Labute approximate surface area is 206 Å². The highest BCUT2D eigenvalue weighted by Gasteiger charge is 2.28. The first kappa shape index (κ1) is 25.6. The molecule has 180 valence electrons. The number of carbonyl (C=O) groups excluding carboxylic acids is 1. The molecule has 0 unspecified atom stereocenters. The highest BCUT2D eigenvalue weighted by Crippen LogP contribution is 2.29. The number of nitrogens with one attached hydrogen (secondary N) is 1. The SMILES string of the molecule is Cc1ccc(S(=O)(=O)N(CC(=O)NCCOc2ccc(C)cc2C)c2ccc(Cl)cc2C)cc1. The maximum absolute atomic E-state index is 13.5. The molecule has 34 heavy (non-hydrogen) atoms. The molecule has 0 saturated carbocycles. The minimum atomic E-state index is -3.99. The fourth-order valence-electron chi connectivity index (χ4n) is 3.53. The van der Waals surface area contributed by atoms with Crippen LogP contribution in [0.2, 0.25) is 5.02 Å². The minimum Gasteiger partial charge on any atom is -0.491 e. The number of carbonyl (C=O) groups is 1. The molecule has 0 aliphatic heterocycles. The lowest BCUT2D eigenvalue weighted by Crippen LogP contribution is -2.42. The summed E-state index contributed by atoms with van der Waals surface area (Å²) in [5.74, 6) is 0.314. The Morgan fingerprint density at radius 2 is 1.59 bits per heavy atom. The van der Waals surface area contributed by atoms with Crippen LogP contribution in [0.4, 0.5) is 5.69 Å². The van der Waals surface area contributed by atoms with E-state index in [1.165, 1.54) is 0 Å². The van der Waals surface area contributed by atoms with E-state index in [4.69, 9.17) is 16.3 Å². The third-order valence-corrected chi connectivity index (χ3v) is 7.35. The quantitative estimate of drug-likeness (QED) is 0.421. The fraction of sp³-hybridized carbons (Fsp3) is 0.269. The lowest BCUT2D eigenvalue weighted by Gasteiger charge is -2.26. The number of rotatable bonds is 9. The van der Waals surface area contributed by atoms with Crippen molar-refractivity contribution in [2.45, 2.75) is 32.6 Å². The summed E-state index contributed by atoms with van der Waals surface area (Å²) in [7, 11) is -3.99. The summed E-state index contributed by atoms with van der Waals surface area (Å²) < 4.78 is 33.8. The molecule has 0 bridgehead atoms. The van der Waals surface area contributed by atoms with Gasteiger partial charge in [0.25, 0.3) is 10.0 Å². The molecular weight excluding hydrogens is 472 g/mol. The first-order valence-corrected chi connectivity index (χ1v) is 12.7. The van der Waals surface area contributed by atoms with Gasteiger partial charge in [-0.3, -0.25) is 9.10 Å². The molecule has 0 atom stereocenters. The highest BCUT2D eigenvalue weighted by molar-refractivity contribution is 7.92. The van der Waals surface area contributed by atoms with Gasteiger partial charge in [0.15, 0.2) is 0 Å². The van der Waals surface area contributed by atoms with Crippen LogP contribution in [0.15, 0.2) is 65.6 Å². The molecule has 0 heterocycles. The van der Waals surface area contributed by atoms with Crippen molar-refractivity contribution in [1.82, 2.24) is 5.32 Å². The molecule has 1 N–H and O–H groups in total. The molecule has 0 aliphatic carbocycles. The summed E-state index contributed by atoms with van der Waals surface area (Å²) in [4.78, 5) is 12.9. The number of benzene rings is 3. The average Bonchev–Trinajstić information content (AvgIpc) is 2.77. The van der Waals surface area contributed by atoms with Crippen molar-refractivity contribution in [3.8, 4) is 5.75 Å². The van der Waals surface area contributed by atoms with E-state index < -0.39 is 15.9 Å². The van der Waals surface area contributed by atoms with Crippen molar-refractivity contribution in [2.24, 2.45) is 0 Å². The molecule has 3 aromatic rings. The lowest BCUT2D eigenvalue weighted by molar-refractivity contribution is -0.119. The number of aryl methyl sites for hydroxylation is 4. The predicted octanol–water partition coefficient (Wildman–Crippen LogP) is 4.96.